The second kappa shape index (κ2) is 15.5. The number of rotatable bonds is 14. The molecular weight excluding hydrogens is 322 g/mol. The third-order valence-corrected chi connectivity index (χ3v) is 2.42. The maximum absolute atomic E-state index is 11.4. The summed E-state index contributed by atoms with van der Waals surface area (Å²) in [5.74, 6) is -1.30. The van der Waals surface area contributed by atoms with Gasteiger partial charge in [0, 0.05) is 6.54 Å². The van der Waals surface area contributed by atoms with Crippen LogP contribution in [-0.2, 0) is 23.9 Å². The molecule has 0 aliphatic rings. The molecule has 0 saturated carbocycles. The Bertz CT molecular complexity index is 440. The molecule has 0 aliphatic heterocycles. The van der Waals surface area contributed by atoms with E-state index in [9.17, 15) is 14.4 Å². The summed E-state index contributed by atoms with van der Waals surface area (Å²) in [6, 6.07) is 0. The third kappa shape index (κ3) is 14.5. The summed E-state index contributed by atoms with van der Waals surface area (Å²) in [7, 11) is 0. The van der Waals surface area contributed by atoms with E-state index in [4.69, 9.17) is 20.7 Å². The van der Waals surface area contributed by atoms with Gasteiger partial charge in [-0.15, -0.1) is 0 Å². The van der Waals surface area contributed by atoms with Gasteiger partial charge in [-0.3, -0.25) is 14.4 Å². The number of carbonyl (C=O) groups is 3. The Labute approximate surface area is 139 Å². The van der Waals surface area contributed by atoms with Crippen molar-refractivity contribution >= 4 is 17.7 Å². The molecule has 0 radical (unpaired) electrons. The van der Waals surface area contributed by atoms with E-state index in [0.717, 1.165) is 0 Å². The molecule has 0 atom stereocenters. The first-order valence-corrected chi connectivity index (χ1v) is 7.29. The van der Waals surface area contributed by atoms with Crippen LogP contribution in [0, 0.1) is 5.53 Å². The maximum atomic E-state index is 11.4. The highest BCUT2D eigenvalue weighted by Crippen LogP contribution is 1.79. The number of carbonyl (C=O) groups excluding carboxylic acids is 3. The molecule has 24 heavy (non-hydrogen) atoms. The Balaban J connectivity index is 3.42. The molecule has 12 nitrogen and oxygen atoms in total. The van der Waals surface area contributed by atoms with Gasteiger partial charge in [0.1, 0.15) is 17.2 Å². The number of amides is 3. The third-order valence-electron chi connectivity index (χ3n) is 2.42. The van der Waals surface area contributed by atoms with E-state index in [1.54, 1.807) is 0 Å². The largest absolute Gasteiger partial charge is 0.377 e. The summed E-state index contributed by atoms with van der Waals surface area (Å²) in [5, 5.41) is 10.6. The van der Waals surface area contributed by atoms with Gasteiger partial charge in [0.25, 0.3) is 0 Å². The number of nitrogens with one attached hydrogen (secondary N) is 4. The van der Waals surface area contributed by atoms with E-state index in [-0.39, 0.29) is 25.5 Å². The maximum Gasteiger partial charge on any atom is 0.239 e. The molecule has 0 fully saturated rings. The zero-order valence-corrected chi connectivity index (χ0v) is 13.4. The summed E-state index contributed by atoms with van der Waals surface area (Å²) >= 11 is 0. The van der Waals surface area contributed by atoms with Crippen LogP contribution in [0.2, 0.25) is 0 Å². The monoisotopic (exact) mass is 346 g/mol. The Morgan fingerprint density at radius 2 is 1.50 bits per heavy atom. The van der Waals surface area contributed by atoms with E-state index in [1.807, 2.05) is 0 Å². The zero-order valence-electron chi connectivity index (χ0n) is 13.4. The molecule has 0 heterocycles. The number of hydrogen-bond donors (Lipinski definition) is 5. The normalized spacial score (nSPS) is 9.71. The average molecular weight is 346 g/mol. The Hall–Kier alpha value is -2.40. The van der Waals surface area contributed by atoms with Gasteiger partial charge < -0.3 is 31.2 Å². The van der Waals surface area contributed by atoms with Crippen molar-refractivity contribution in [2.24, 2.45) is 10.8 Å². The van der Waals surface area contributed by atoms with E-state index < -0.39 is 11.8 Å². The molecule has 12 heteroatoms. The lowest BCUT2D eigenvalue weighted by Gasteiger charge is -2.08. The molecule has 0 aliphatic carbocycles. The van der Waals surface area contributed by atoms with Crippen molar-refractivity contribution in [3.8, 4) is 0 Å². The zero-order chi connectivity index (χ0) is 18.0. The quantitative estimate of drug-likeness (QED) is 0.126. The highest BCUT2D eigenvalue weighted by atomic mass is 16.5. The number of ether oxygens (including phenoxy) is 2. The van der Waals surface area contributed by atoms with Crippen LogP contribution in [0.4, 0.5) is 0 Å². The summed E-state index contributed by atoms with van der Waals surface area (Å²) < 4.78 is 10.4. The van der Waals surface area contributed by atoms with Gasteiger partial charge in [0.2, 0.25) is 22.6 Å². The molecule has 0 spiro atoms. The highest BCUT2D eigenvalue weighted by molar-refractivity contribution is 5.88. The van der Waals surface area contributed by atoms with Crippen LogP contribution in [0.3, 0.4) is 0 Å². The molecule has 3 amide bonds. The Morgan fingerprint density at radius 1 is 0.917 bits per heavy atom. The lowest BCUT2D eigenvalue weighted by atomic mass is 10.5. The van der Waals surface area contributed by atoms with Gasteiger partial charge in [-0.2, -0.15) is 0 Å². The second-order valence-electron chi connectivity index (χ2n) is 4.30. The van der Waals surface area contributed by atoms with Crippen LogP contribution in [0.15, 0.2) is 5.11 Å². The molecule has 0 aromatic heterocycles. The van der Waals surface area contributed by atoms with Crippen molar-refractivity contribution in [3.63, 3.8) is 0 Å². The molecule has 0 rings (SSSR count). The van der Waals surface area contributed by atoms with Crippen LogP contribution in [0.1, 0.15) is 0 Å². The highest BCUT2D eigenvalue weighted by Gasteiger charge is 2.06. The SMILES string of the molecule is N=[N+]=NCCOCCOCCNC(=O)CNC(=O)CNC(=O)CN. The lowest BCUT2D eigenvalue weighted by Crippen LogP contribution is -2.43. The van der Waals surface area contributed by atoms with Crippen LogP contribution < -0.4 is 26.6 Å². The predicted octanol–water partition coefficient (Wildman–Crippen LogP) is -3.12. The van der Waals surface area contributed by atoms with E-state index in [1.165, 1.54) is 0 Å². The smallest absolute Gasteiger partial charge is 0.239 e. The van der Waals surface area contributed by atoms with Crippen molar-refractivity contribution in [2.45, 2.75) is 0 Å². The number of nitrogens with zero attached hydrogens (tertiary/aromatic N) is 2. The van der Waals surface area contributed by atoms with E-state index >= 15 is 0 Å². The molecule has 6 N–H and O–H groups in total. The van der Waals surface area contributed by atoms with Crippen molar-refractivity contribution in [1.82, 2.24) is 20.9 Å². The molecular formula is C12H24N7O5+. The topological polar surface area (TPSA) is 182 Å². The summed E-state index contributed by atoms with van der Waals surface area (Å²) in [6.45, 7) is 1.44. The molecule has 136 valence electrons. The fraction of sp³-hybridized carbons (Fsp3) is 0.750. The molecule has 0 aromatic rings. The minimum Gasteiger partial charge on any atom is -0.377 e. The molecule has 0 aromatic carbocycles. The number of nitrogens with two attached hydrogens (primary N) is 1. The fourth-order valence-electron chi connectivity index (χ4n) is 1.29. The fourth-order valence-corrected chi connectivity index (χ4v) is 1.29. The predicted molar refractivity (Wildman–Crippen MR) is 81.9 cm³/mol. The Kier molecular flexibility index (Phi) is 13.9. The van der Waals surface area contributed by atoms with Gasteiger partial charge in [-0.1, -0.05) is 0 Å². The van der Waals surface area contributed by atoms with Crippen LogP contribution >= 0.6 is 0 Å². The van der Waals surface area contributed by atoms with Crippen molar-refractivity contribution < 1.29 is 23.9 Å². The van der Waals surface area contributed by atoms with Gasteiger partial charge in [-0.25, -0.2) is 0 Å². The van der Waals surface area contributed by atoms with Gasteiger partial charge in [-0.05, 0) is 0 Å². The lowest BCUT2D eigenvalue weighted by molar-refractivity contribution is -0.127. The van der Waals surface area contributed by atoms with Crippen molar-refractivity contribution in [2.75, 3.05) is 59.2 Å². The van der Waals surface area contributed by atoms with Gasteiger partial charge in [0.05, 0.1) is 46.1 Å². The molecule has 0 bridgehead atoms. The molecule has 0 saturated heterocycles. The standard InChI is InChI=1S/C12H23N7O5/c13-7-10(20)16-9-12(22)17-8-11(21)15-1-3-23-5-6-24-4-2-18-19-14/h14H,1-9,13H2,(H2-,15,16,17,20,21,22)/p+1. The minimum absolute atomic E-state index is 0.189. The number of hydrogen-bond acceptors (Lipinski definition) is 8. The van der Waals surface area contributed by atoms with E-state index in [0.29, 0.717) is 39.5 Å². The summed E-state index contributed by atoms with van der Waals surface area (Å²) in [6.07, 6.45) is 0. The minimum atomic E-state index is -0.481. The van der Waals surface area contributed by atoms with Crippen LogP contribution in [0.5, 0.6) is 0 Å². The van der Waals surface area contributed by atoms with Crippen molar-refractivity contribution in [3.05, 3.63) is 0 Å². The van der Waals surface area contributed by atoms with Crippen LogP contribution in [-0.4, -0.2) is 76.9 Å². The average Bonchev–Trinajstić information content (AvgIpc) is 2.59. The Morgan fingerprint density at radius 3 is 2.12 bits per heavy atom. The molecule has 0 unspecified atom stereocenters. The first-order valence-electron chi connectivity index (χ1n) is 7.29. The summed E-state index contributed by atoms with van der Waals surface area (Å²) in [5.41, 5.74) is 11.5. The van der Waals surface area contributed by atoms with Gasteiger partial charge >= 0.3 is 0 Å². The summed E-state index contributed by atoms with van der Waals surface area (Å²) in [4.78, 5) is 36.4. The van der Waals surface area contributed by atoms with Crippen LogP contribution in [0.25, 0.3) is 0 Å². The van der Waals surface area contributed by atoms with E-state index in [2.05, 4.69) is 26.0 Å². The first kappa shape index (κ1) is 21.6. The van der Waals surface area contributed by atoms with Gasteiger partial charge in [0.15, 0.2) is 0 Å². The van der Waals surface area contributed by atoms with Crippen molar-refractivity contribution in [1.29, 1.82) is 5.53 Å². The second-order valence-corrected chi connectivity index (χ2v) is 4.30. The first-order chi connectivity index (χ1) is 11.6.